The lowest BCUT2D eigenvalue weighted by Gasteiger charge is -2.22. The molecule has 5 nitrogen and oxygen atoms in total. The largest absolute Gasteiger partial charge is 0.481 e. The first-order valence-electron chi connectivity index (χ1n) is 4.55. The fourth-order valence-corrected chi connectivity index (χ4v) is 1.16. The van der Waals surface area contributed by atoms with Crippen LogP contribution < -0.4 is 0 Å². The van der Waals surface area contributed by atoms with Crippen molar-refractivity contribution < 1.29 is 19.1 Å². The molecule has 1 N–H and O–H groups in total. The number of hydrogen-bond acceptors (Lipinski definition) is 3. The monoisotopic (exact) mass is 211 g/mol. The van der Waals surface area contributed by atoms with E-state index in [0.717, 1.165) is 0 Å². The average Bonchev–Trinajstić information content (AvgIpc) is 2.67. The van der Waals surface area contributed by atoms with Crippen molar-refractivity contribution in [1.82, 2.24) is 4.90 Å². The number of rotatable bonds is 4. The summed E-state index contributed by atoms with van der Waals surface area (Å²) in [7, 11) is 1.55. The Labute approximate surface area is 87.3 Å². The van der Waals surface area contributed by atoms with Crippen LogP contribution in [-0.4, -0.2) is 35.0 Å². The summed E-state index contributed by atoms with van der Waals surface area (Å²) in [4.78, 5) is 23.5. The number of furan rings is 1. The lowest BCUT2D eigenvalue weighted by molar-refractivity contribution is -0.137. The van der Waals surface area contributed by atoms with E-state index in [2.05, 4.69) is 0 Å². The highest BCUT2D eigenvalue weighted by Crippen LogP contribution is 2.09. The molecule has 0 saturated carbocycles. The number of carbonyl (C=O) groups excluding carboxylic acids is 1. The van der Waals surface area contributed by atoms with Crippen molar-refractivity contribution in [3.8, 4) is 0 Å². The number of amides is 1. The Morgan fingerprint density at radius 1 is 1.60 bits per heavy atom. The molecule has 1 rings (SSSR count). The molecule has 0 bridgehead atoms. The van der Waals surface area contributed by atoms with E-state index < -0.39 is 5.97 Å². The van der Waals surface area contributed by atoms with Crippen molar-refractivity contribution in [3.63, 3.8) is 0 Å². The Balaban J connectivity index is 2.64. The molecule has 82 valence electrons. The van der Waals surface area contributed by atoms with Crippen molar-refractivity contribution in [2.24, 2.45) is 0 Å². The van der Waals surface area contributed by atoms with E-state index in [1.807, 2.05) is 0 Å². The molecule has 0 aliphatic carbocycles. The zero-order chi connectivity index (χ0) is 11.4. The minimum atomic E-state index is -0.929. The first-order valence-corrected chi connectivity index (χ1v) is 4.55. The Kier molecular flexibility index (Phi) is 3.49. The van der Waals surface area contributed by atoms with Crippen molar-refractivity contribution in [3.05, 3.63) is 24.2 Å². The van der Waals surface area contributed by atoms with Gasteiger partial charge < -0.3 is 14.4 Å². The van der Waals surface area contributed by atoms with Gasteiger partial charge in [0.1, 0.15) is 0 Å². The van der Waals surface area contributed by atoms with Crippen LogP contribution >= 0.6 is 0 Å². The van der Waals surface area contributed by atoms with Gasteiger partial charge in [-0.1, -0.05) is 0 Å². The maximum absolute atomic E-state index is 11.7. The fourth-order valence-electron chi connectivity index (χ4n) is 1.16. The predicted octanol–water partition coefficient (Wildman–Crippen LogP) is 1.21. The zero-order valence-electron chi connectivity index (χ0n) is 8.64. The molecule has 1 aromatic rings. The maximum atomic E-state index is 11.7. The lowest BCUT2D eigenvalue weighted by atomic mass is 10.2. The molecule has 5 heteroatoms. The highest BCUT2D eigenvalue weighted by molar-refractivity contribution is 5.91. The fraction of sp³-hybridized carbons (Fsp3) is 0.400. The molecule has 1 amide bonds. The second-order valence-electron chi connectivity index (χ2n) is 3.34. The summed E-state index contributed by atoms with van der Waals surface area (Å²) in [6, 6.07) is 2.80. The standard InChI is InChI=1S/C10H13NO4/c1-7(6-9(12)13)11(2)10(14)8-4-3-5-15-8/h3-5,7H,6H2,1-2H3,(H,12,13). The Morgan fingerprint density at radius 3 is 2.73 bits per heavy atom. The average molecular weight is 211 g/mol. The van der Waals surface area contributed by atoms with Gasteiger partial charge in [0.15, 0.2) is 5.76 Å². The number of aliphatic carboxylic acids is 1. The summed E-state index contributed by atoms with van der Waals surface area (Å²) < 4.78 is 4.93. The molecule has 1 atom stereocenters. The van der Waals surface area contributed by atoms with E-state index in [-0.39, 0.29) is 24.1 Å². The van der Waals surface area contributed by atoms with Gasteiger partial charge in [-0.15, -0.1) is 0 Å². The van der Waals surface area contributed by atoms with Gasteiger partial charge in [-0.05, 0) is 19.1 Å². The Morgan fingerprint density at radius 2 is 2.27 bits per heavy atom. The Hall–Kier alpha value is -1.78. The van der Waals surface area contributed by atoms with Gasteiger partial charge in [-0.3, -0.25) is 9.59 Å². The second kappa shape index (κ2) is 4.63. The third-order valence-corrected chi connectivity index (χ3v) is 2.18. The van der Waals surface area contributed by atoms with Gasteiger partial charge in [0, 0.05) is 13.1 Å². The van der Waals surface area contributed by atoms with E-state index >= 15 is 0 Å². The summed E-state index contributed by atoms with van der Waals surface area (Å²) in [5.41, 5.74) is 0. The van der Waals surface area contributed by atoms with Gasteiger partial charge in [0.25, 0.3) is 5.91 Å². The smallest absolute Gasteiger partial charge is 0.305 e. The van der Waals surface area contributed by atoms with E-state index in [9.17, 15) is 9.59 Å². The molecular weight excluding hydrogens is 198 g/mol. The van der Waals surface area contributed by atoms with Crippen molar-refractivity contribution in [2.75, 3.05) is 7.05 Å². The van der Waals surface area contributed by atoms with Crippen LogP contribution in [0.2, 0.25) is 0 Å². The van der Waals surface area contributed by atoms with Gasteiger partial charge >= 0.3 is 5.97 Å². The third kappa shape index (κ3) is 2.83. The third-order valence-electron chi connectivity index (χ3n) is 2.18. The van der Waals surface area contributed by atoms with Crippen molar-refractivity contribution >= 4 is 11.9 Å². The van der Waals surface area contributed by atoms with Gasteiger partial charge in [0.05, 0.1) is 12.7 Å². The first-order chi connectivity index (χ1) is 7.02. The molecule has 0 saturated heterocycles. The molecular formula is C10H13NO4. The maximum Gasteiger partial charge on any atom is 0.305 e. The first kappa shape index (κ1) is 11.3. The number of carboxylic acids is 1. The van der Waals surface area contributed by atoms with Crippen LogP contribution in [0.4, 0.5) is 0 Å². The number of hydrogen-bond donors (Lipinski definition) is 1. The predicted molar refractivity (Wildman–Crippen MR) is 52.5 cm³/mol. The van der Waals surface area contributed by atoms with Gasteiger partial charge in [0.2, 0.25) is 0 Å². The van der Waals surface area contributed by atoms with Crippen LogP contribution in [-0.2, 0) is 4.79 Å². The minimum absolute atomic E-state index is 0.0804. The number of carbonyl (C=O) groups is 2. The number of carboxylic acid groups (broad SMARTS) is 1. The highest BCUT2D eigenvalue weighted by atomic mass is 16.4. The highest BCUT2D eigenvalue weighted by Gasteiger charge is 2.21. The van der Waals surface area contributed by atoms with E-state index in [4.69, 9.17) is 9.52 Å². The van der Waals surface area contributed by atoms with E-state index in [1.54, 1.807) is 26.1 Å². The summed E-state index contributed by atoms with van der Waals surface area (Å²) >= 11 is 0. The van der Waals surface area contributed by atoms with Crippen LogP contribution in [0.5, 0.6) is 0 Å². The summed E-state index contributed by atoms with van der Waals surface area (Å²) in [6.07, 6.45) is 1.33. The van der Waals surface area contributed by atoms with E-state index in [1.165, 1.54) is 11.2 Å². The molecule has 0 radical (unpaired) electrons. The quantitative estimate of drug-likeness (QED) is 0.812. The molecule has 0 aliphatic heterocycles. The van der Waals surface area contributed by atoms with Crippen LogP contribution in [0, 0.1) is 0 Å². The second-order valence-corrected chi connectivity index (χ2v) is 3.34. The topological polar surface area (TPSA) is 70.8 Å². The van der Waals surface area contributed by atoms with Crippen molar-refractivity contribution in [2.45, 2.75) is 19.4 Å². The molecule has 0 aromatic carbocycles. The van der Waals surface area contributed by atoms with Crippen LogP contribution in [0.25, 0.3) is 0 Å². The molecule has 1 heterocycles. The molecule has 0 spiro atoms. The van der Waals surface area contributed by atoms with Crippen LogP contribution in [0.3, 0.4) is 0 Å². The summed E-state index contributed by atoms with van der Waals surface area (Å²) in [5.74, 6) is -1.02. The van der Waals surface area contributed by atoms with Gasteiger partial charge in [-0.2, -0.15) is 0 Å². The molecule has 1 unspecified atom stereocenters. The van der Waals surface area contributed by atoms with Gasteiger partial charge in [-0.25, -0.2) is 0 Å². The zero-order valence-corrected chi connectivity index (χ0v) is 8.64. The normalized spacial score (nSPS) is 12.1. The number of nitrogens with zero attached hydrogens (tertiary/aromatic N) is 1. The molecule has 1 aromatic heterocycles. The summed E-state index contributed by atoms with van der Waals surface area (Å²) in [5, 5.41) is 8.58. The van der Waals surface area contributed by atoms with Crippen molar-refractivity contribution in [1.29, 1.82) is 0 Å². The lowest BCUT2D eigenvalue weighted by Crippen LogP contribution is -2.36. The molecule has 15 heavy (non-hydrogen) atoms. The SMILES string of the molecule is CC(CC(=O)O)N(C)C(=O)c1ccco1. The molecule has 0 aliphatic rings. The Bertz CT molecular complexity index is 344. The molecule has 0 fully saturated rings. The van der Waals surface area contributed by atoms with E-state index in [0.29, 0.717) is 0 Å². The summed E-state index contributed by atoms with van der Waals surface area (Å²) in [6.45, 7) is 1.68. The van der Waals surface area contributed by atoms with Crippen LogP contribution in [0.15, 0.2) is 22.8 Å². The minimum Gasteiger partial charge on any atom is -0.481 e. The van der Waals surface area contributed by atoms with Crippen LogP contribution in [0.1, 0.15) is 23.9 Å².